The smallest absolute Gasteiger partial charge is 0.407 e. The number of alkyl carbamates (subject to hydrolysis) is 1. The minimum absolute atomic E-state index is 0.0557. The lowest BCUT2D eigenvalue weighted by atomic mass is 10.00. The van der Waals surface area contributed by atoms with Gasteiger partial charge >= 0.3 is 6.09 Å². The van der Waals surface area contributed by atoms with Crippen molar-refractivity contribution in [3.63, 3.8) is 0 Å². The highest BCUT2D eigenvalue weighted by Crippen LogP contribution is 2.26. The maximum absolute atomic E-state index is 12.3. The van der Waals surface area contributed by atoms with E-state index in [1.165, 1.54) is 7.11 Å². The average molecular weight is 299 g/mol. The molecule has 0 radical (unpaired) electrons. The zero-order valence-corrected chi connectivity index (χ0v) is 13.1. The average Bonchev–Trinajstić information content (AvgIpc) is 2.90. The Labute approximate surface area is 125 Å². The van der Waals surface area contributed by atoms with Gasteiger partial charge in [-0.3, -0.25) is 9.59 Å². The molecule has 0 bridgehead atoms. The van der Waals surface area contributed by atoms with E-state index >= 15 is 0 Å². The zero-order valence-electron chi connectivity index (χ0n) is 13.1. The summed E-state index contributed by atoms with van der Waals surface area (Å²) in [4.78, 5) is 35.4. The second-order valence-corrected chi connectivity index (χ2v) is 5.62. The van der Waals surface area contributed by atoms with E-state index in [2.05, 4.69) is 20.7 Å². The van der Waals surface area contributed by atoms with E-state index in [9.17, 15) is 14.4 Å². The van der Waals surface area contributed by atoms with Gasteiger partial charge in [0.05, 0.1) is 13.0 Å². The van der Waals surface area contributed by atoms with E-state index in [1.807, 2.05) is 13.8 Å². The molecule has 1 aliphatic rings. The normalized spacial score (nSPS) is 22.5. The van der Waals surface area contributed by atoms with Crippen LogP contribution < -0.4 is 16.0 Å². The number of amides is 3. The highest BCUT2D eigenvalue weighted by Gasteiger charge is 2.35. The molecule has 1 aliphatic carbocycles. The predicted octanol–water partition coefficient (Wildman–Crippen LogP) is 0.398. The van der Waals surface area contributed by atoms with Crippen LogP contribution >= 0.6 is 0 Å². The molecule has 0 spiro atoms. The van der Waals surface area contributed by atoms with Crippen molar-refractivity contribution in [3.05, 3.63) is 0 Å². The first kappa shape index (κ1) is 17.3. The molecule has 21 heavy (non-hydrogen) atoms. The summed E-state index contributed by atoms with van der Waals surface area (Å²) in [7, 11) is 2.85. The topological polar surface area (TPSA) is 96.5 Å². The summed E-state index contributed by atoms with van der Waals surface area (Å²) in [6.45, 7) is 3.68. The van der Waals surface area contributed by atoms with Gasteiger partial charge in [0.15, 0.2) is 0 Å². The summed E-state index contributed by atoms with van der Waals surface area (Å²) < 4.78 is 4.53. The molecule has 3 amide bonds. The van der Waals surface area contributed by atoms with E-state index in [0.29, 0.717) is 0 Å². The Morgan fingerprint density at radius 2 is 1.86 bits per heavy atom. The molecular weight excluding hydrogens is 274 g/mol. The van der Waals surface area contributed by atoms with Crippen LogP contribution in [0.3, 0.4) is 0 Å². The van der Waals surface area contributed by atoms with Gasteiger partial charge in [-0.25, -0.2) is 4.79 Å². The van der Waals surface area contributed by atoms with E-state index in [1.54, 1.807) is 7.05 Å². The van der Waals surface area contributed by atoms with E-state index in [4.69, 9.17) is 0 Å². The molecule has 0 aromatic heterocycles. The Morgan fingerprint density at radius 3 is 2.38 bits per heavy atom. The maximum atomic E-state index is 12.3. The molecule has 3 atom stereocenters. The fraction of sp³-hybridized carbons (Fsp3) is 0.786. The Morgan fingerprint density at radius 1 is 1.19 bits per heavy atom. The molecule has 0 aromatic rings. The number of methoxy groups -OCH3 is 1. The molecule has 0 unspecified atom stereocenters. The standard InChI is InChI=1S/C14H25N3O4/c1-8(2)11(17-14(20)21-4)13(19)16-10-7-5-6-9(10)12(18)15-3/h8-11H,5-7H2,1-4H3,(H,15,18)(H,16,19)(H,17,20)/t9-,10-,11+/m1/s1. The van der Waals surface area contributed by atoms with E-state index < -0.39 is 12.1 Å². The van der Waals surface area contributed by atoms with Crippen LogP contribution in [0.1, 0.15) is 33.1 Å². The van der Waals surface area contributed by atoms with Crippen molar-refractivity contribution in [2.45, 2.75) is 45.2 Å². The summed E-state index contributed by atoms with van der Waals surface area (Å²) in [5.41, 5.74) is 0. The highest BCUT2D eigenvalue weighted by atomic mass is 16.5. The number of hydrogen-bond acceptors (Lipinski definition) is 4. The molecule has 0 heterocycles. The lowest BCUT2D eigenvalue weighted by molar-refractivity contribution is -0.127. The quantitative estimate of drug-likeness (QED) is 0.684. The van der Waals surface area contributed by atoms with E-state index in [0.717, 1.165) is 19.3 Å². The number of hydrogen-bond donors (Lipinski definition) is 3. The highest BCUT2D eigenvalue weighted by molar-refractivity contribution is 5.87. The van der Waals surface area contributed by atoms with Gasteiger partial charge in [-0.2, -0.15) is 0 Å². The Bertz CT molecular complexity index is 398. The molecule has 7 heteroatoms. The van der Waals surface area contributed by atoms with Gasteiger partial charge < -0.3 is 20.7 Å². The Hall–Kier alpha value is -1.79. The largest absolute Gasteiger partial charge is 0.453 e. The predicted molar refractivity (Wildman–Crippen MR) is 77.5 cm³/mol. The fourth-order valence-corrected chi connectivity index (χ4v) is 2.63. The van der Waals surface area contributed by atoms with Crippen molar-refractivity contribution in [1.29, 1.82) is 0 Å². The van der Waals surface area contributed by atoms with Gasteiger partial charge in [0.25, 0.3) is 0 Å². The lowest BCUT2D eigenvalue weighted by Crippen LogP contribution is -2.53. The van der Waals surface area contributed by atoms with Crippen LogP contribution in [-0.4, -0.2) is 44.1 Å². The minimum Gasteiger partial charge on any atom is -0.453 e. The van der Waals surface area contributed by atoms with Crippen LogP contribution in [0.4, 0.5) is 4.79 Å². The number of ether oxygens (including phenoxy) is 1. The van der Waals surface area contributed by atoms with Crippen molar-refractivity contribution in [3.8, 4) is 0 Å². The van der Waals surface area contributed by atoms with Gasteiger partial charge in [0.2, 0.25) is 11.8 Å². The third kappa shape index (κ3) is 4.61. The number of carbonyl (C=O) groups excluding carboxylic acids is 3. The molecule has 0 saturated heterocycles. The van der Waals surface area contributed by atoms with Gasteiger partial charge in [-0.15, -0.1) is 0 Å². The van der Waals surface area contributed by atoms with Gasteiger partial charge in [0.1, 0.15) is 6.04 Å². The molecule has 1 fully saturated rings. The van der Waals surface area contributed by atoms with Crippen molar-refractivity contribution in [2.24, 2.45) is 11.8 Å². The number of rotatable bonds is 5. The van der Waals surface area contributed by atoms with Crippen LogP contribution in [0.15, 0.2) is 0 Å². The Kier molecular flexibility index (Phi) is 6.45. The summed E-state index contributed by atoms with van der Waals surface area (Å²) in [6.07, 6.45) is 1.80. The second-order valence-electron chi connectivity index (χ2n) is 5.62. The summed E-state index contributed by atoms with van der Waals surface area (Å²) >= 11 is 0. The van der Waals surface area contributed by atoms with E-state index in [-0.39, 0.29) is 29.7 Å². The first-order chi connectivity index (χ1) is 9.90. The summed E-state index contributed by atoms with van der Waals surface area (Å²) in [6, 6.07) is -0.860. The molecule has 1 rings (SSSR count). The zero-order chi connectivity index (χ0) is 16.0. The molecule has 7 nitrogen and oxygen atoms in total. The molecule has 0 aromatic carbocycles. The van der Waals surface area contributed by atoms with Crippen molar-refractivity contribution >= 4 is 17.9 Å². The van der Waals surface area contributed by atoms with Gasteiger partial charge in [-0.05, 0) is 18.8 Å². The van der Waals surface area contributed by atoms with Crippen LogP contribution in [0, 0.1) is 11.8 Å². The fourth-order valence-electron chi connectivity index (χ4n) is 2.63. The summed E-state index contributed by atoms with van der Waals surface area (Å²) in [5.74, 6) is -0.620. The SMILES string of the molecule is CNC(=O)[C@@H]1CCC[C@H]1NC(=O)[C@@H](NC(=O)OC)C(C)C. The lowest BCUT2D eigenvalue weighted by Gasteiger charge is -2.25. The van der Waals surface area contributed by atoms with Crippen LogP contribution in [-0.2, 0) is 14.3 Å². The number of nitrogens with one attached hydrogen (secondary N) is 3. The third-order valence-electron chi connectivity index (χ3n) is 3.83. The summed E-state index contributed by atoms with van der Waals surface area (Å²) in [5, 5.41) is 8.03. The van der Waals surface area contributed by atoms with Crippen LogP contribution in [0.2, 0.25) is 0 Å². The molecule has 0 aliphatic heterocycles. The van der Waals surface area contributed by atoms with Crippen molar-refractivity contribution < 1.29 is 19.1 Å². The molecule has 1 saturated carbocycles. The second kappa shape index (κ2) is 7.85. The third-order valence-corrected chi connectivity index (χ3v) is 3.83. The van der Waals surface area contributed by atoms with Crippen molar-refractivity contribution in [1.82, 2.24) is 16.0 Å². The van der Waals surface area contributed by atoms with Gasteiger partial charge in [0, 0.05) is 13.1 Å². The minimum atomic E-state index is -0.677. The maximum Gasteiger partial charge on any atom is 0.407 e. The first-order valence-electron chi connectivity index (χ1n) is 7.27. The van der Waals surface area contributed by atoms with Crippen LogP contribution in [0.25, 0.3) is 0 Å². The van der Waals surface area contributed by atoms with Crippen LogP contribution in [0.5, 0.6) is 0 Å². The molecule has 3 N–H and O–H groups in total. The van der Waals surface area contributed by atoms with Gasteiger partial charge in [-0.1, -0.05) is 20.3 Å². The Balaban J connectivity index is 2.68. The monoisotopic (exact) mass is 299 g/mol. The van der Waals surface area contributed by atoms with Crippen molar-refractivity contribution in [2.75, 3.05) is 14.2 Å². The first-order valence-corrected chi connectivity index (χ1v) is 7.27. The molecule has 120 valence electrons. The number of carbonyl (C=O) groups is 3. The molecular formula is C14H25N3O4.